The maximum atomic E-state index is 3.99. The van der Waals surface area contributed by atoms with Gasteiger partial charge in [-0.05, 0) is 28.7 Å². The van der Waals surface area contributed by atoms with Crippen LogP contribution in [0.15, 0.2) is 121 Å². The van der Waals surface area contributed by atoms with E-state index >= 15 is 0 Å². The quantitative estimate of drug-likeness (QED) is 0.383. The first-order valence-electron chi connectivity index (χ1n) is 11.6. The van der Waals surface area contributed by atoms with Gasteiger partial charge in [-0.15, -0.1) is 0 Å². The van der Waals surface area contributed by atoms with Crippen molar-refractivity contribution in [1.82, 2.24) is 10.2 Å². The molecule has 0 amide bonds. The largest absolute Gasteiger partial charge is 0.302 e. The third-order valence-electron chi connectivity index (χ3n) is 6.48. The van der Waals surface area contributed by atoms with E-state index < -0.39 is 0 Å². The zero-order chi connectivity index (χ0) is 21.6. The number of likely N-dealkylation sites (tertiary alicyclic amines) is 1. The van der Waals surface area contributed by atoms with Crippen molar-refractivity contribution in [2.24, 2.45) is 0 Å². The van der Waals surface area contributed by atoms with E-state index in [4.69, 9.17) is 0 Å². The molecule has 160 valence electrons. The summed E-state index contributed by atoms with van der Waals surface area (Å²) in [6, 6.07) is 44.4. The van der Waals surface area contributed by atoms with Crippen LogP contribution in [-0.4, -0.2) is 24.0 Å². The molecule has 0 spiro atoms. The van der Waals surface area contributed by atoms with Gasteiger partial charge in [0.25, 0.3) is 0 Å². The Hall–Kier alpha value is -3.20. The molecule has 0 aromatic heterocycles. The maximum Gasteiger partial charge on any atom is 0.0602 e. The summed E-state index contributed by atoms with van der Waals surface area (Å²) in [7, 11) is 0. The van der Waals surface area contributed by atoms with Crippen molar-refractivity contribution in [1.29, 1.82) is 0 Å². The summed E-state index contributed by atoms with van der Waals surface area (Å²) in [5.74, 6) is 0. The third kappa shape index (κ3) is 4.67. The highest BCUT2D eigenvalue weighted by Crippen LogP contribution is 2.32. The standard InChI is InChI=1S/C30H30N2/c1-5-13-24(14-6-1)29(25-15-7-2-8-16-25)31-28-21-22-32(23-28)30(26-17-9-3-10-18-26)27-19-11-4-12-20-27/h1-20,28-31H,21-23H2. The Morgan fingerprint density at radius 3 is 1.41 bits per heavy atom. The first-order chi connectivity index (χ1) is 15.9. The maximum absolute atomic E-state index is 3.99. The van der Waals surface area contributed by atoms with Crippen molar-refractivity contribution < 1.29 is 0 Å². The number of hydrogen-bond donors (Lipinski definition) is 1. The number of nitrogens with zero attached hydrogens (tertiary/aromatic N) is 1. The van der Waals surface area contributed by atoms with Gasteiger partial charge in [0.2, 0.25) is 0 Å². The Balaban J connectivity index is 1.38. The second kappa shape index (κ2) is 9.95. The van der Waals surface area contributed by atoms with Crippen LogP contribution in [0.1, 0.15) is 40.8 Å². The fraction of sp³-hybridized carbons (Fsp3) is 0.200. The summed E-state index contributed by atoms with van der Waals surface area (Å²) in [5, 5.41) is 3.99. The van der Waals surface area contributed by atoms with Crippen molar-refractivity contribution in [3.8, 4) is 0 Å². The SMILES string of the molecule is c1ccc(C(NC2CCN(C(c3ccccc3)c3ccccc3)C2)c2ccccc2)cc1. The molecule has 0 saturated carbocycles. The van der Waals surface area contributed by atoms with Crippen LogP contribution >= 0.6 is 0 Å². The van der Waals surface area contributed by atoms with Gasteiger partial charge in [-0.2, -0.15) is 0 Å². The number of nitrogens with one attached hydrogen (secondary N) is 1. The van der Waals surface area contributed by atoms with Crippen LogP contribution in [0.2, 0.25) is 0 Å². The molecule has 5 rings (SSSR count). The van der Waals surface area contributed by atoms with Crippen molar-refractivity contribution in [3.05, 3.63) is 144 Å². The van der Waals surface area contributed by atoms with Gasteiger partial charge < -0.3 is 5.32 Å². The van der Waals surface area contributed by atoms with Gasteiger partial charge >= 0.3 is 0 Å². The predicted molar refractivity (Wildman–Crippen MR) is 133 cm³/mol. The molecular formula is C30H30N2. The summed E-state index contributed by atoms with van der Waals surface area (Å²) < 4.78 is 0. The second-order valence-corrected chi connectivity index (χ2v) is 8.63. The summed E-state index contributed by atoms with van der Waals surface area (Å²) >= 11 is 0. The molecule has 1 saturated heterocycles. The summed E-state index contributed by atoms with van der Waals surface area (Å²) in [6.45, 7) is 2.12. The molecule has 1 atom stereocenters. The van der Waals surface area contributed by atoms with Crippen LogP contribution in [-0.2, 0) is 0 Å². The van der Waals surface area contributed by atoms with Gasteiger partial charge in [-0.1, -0.05) is 121 Å². The smallest absolute Gasteiger partial charge is 0.0602 e. The topological polar surface area (TPSA) is 15.3 Å². The van der Waals surface area contributed by atoms with E-state index in [9.17, 15) is 0 Å². The van der Waals surface area contributed by atoms with E-state index in [1.165, 1.54) is 22.3 Å². The molecule has 0 bridgehead atoms. The highest BCUT2D eigenvalue weighted by Gasteiger charge is 2.31. The average Bonchev–Trinajstić information content (AvgIpc) is 3.33. The molecule has 0 radical (unpaired) electrons. The van der Waals surface area contributed by atoms with Crippen molar-refractivity contribution in [3.63, 3.8) is 0 Å². The van der Waals surface area contributed by atoms with Crippen LogP contribution in [0.25, 0.3) is 0 Å². The van der Waals surface area contributed by atoms with Gasteiger partial charge in [-0.3, -0.25) is 4.90 Å². The fourth-order valence-electron chi connectivity index (χ4n) is 4.95. The normalized spacial score (nSPS) is 16.6. The molecule has 1 aliphatic rings. The van der Waals surface area contributed by atoms with E-state index in [-0.39, 0.29) is 12.1 Å². The zero-order valence-corrected chi connectivity index (χ0v) is 18.3. The predicted octanol–water partition coefficient (Wildman–Crippen LogP) is 6.23. The third-order valence-corrected chi connectivity index (χ3v) is 6.48. The van der Waals surface area contributed by atoms with Gasteiger partial charge in [0.1, 0.15) is 0 Å². The van der Waals surface area contributed by atoms with E-state index in [1.807, 2.05) is 0 Å². The van der Waals surface area contributed by atoms with Gasteiger partial charge in [0.05, 0.1) is 12.1 Å². The van der Waals surface area contributed by atoms with Crippen molar-refractivity contribution >= 4 is 0 Å². The van der Waals surface area contributed by atoms with Gasteiger partial charge in [0.15, 0.2) is 0 Å². The van der Waals surface area contributed by atoms with E-state index in [2.05, 4.69) is 132 Å². The number of hydrogen-bond acceptors (Lipinski definition) is 2. The lowest BCUT2D eigenvalue weighted by Gasteiger charge is -2.30. The molecule has 4 aromatic rings. The van der Waals surface area contributed by atoms with Crippen LogP contribution in [0, 0.1) is 0 Å². The lowest BCUT2D eigenvalue weighted by molar-refractivity contribution is 0.271. The molecule has 2 nitrogen and oxygen atoms in total. The Morgan fingerprint density at radius 2 is 0.969 bits per heavy atom. The van der Waals surface area contributed by atoms with E-state index in [1.54, 1.807) is 0 Å². The Morgan fingerprint density at radius 1 is 0.562 bits per heavy atom. The molecule has 4 aromatic carbocycles. The lowest BCUT2D eigenvalue weighted by Crippen LogP contribution is -2.37. The summed E-state index contributed by atoms with van der Waals surface area (Å²) in [5.41, 5.74) is 5.36. The molecule has 32 heavy (non-hydrogen) atoms. The first-order valence-corrected chi connectivity index (χ1v) is 11.6. The van der Waals surface area contributed by atoms with Crippen molar-refractivity contribution in [2.45, 2.75) is 24.5 Å². The lowest BCUT2D eigenvalue weighted by atomic mass is 9.97. The minimum Gasteiger partial charge on any atom is -0.302 e. The van der Waals surface area contributed by atoms with Crippen LogP contribution < -0.4 is 5.32 Å². The Kier molecular flexibility index (Phi) is 6.43. The Labute approximate surface area is 191 Å². The number of benzene rings is 4. The second-order valence-electron chi connectivity index (χ2n) is 8.63. The van der Waals surface area contributed by atoms with Crippen LogP contribution in [0.4, 0.5) is 0 Å². The Bertz CT molecular complexity index is 1000. The number of rotatable bonds is 7. The van der Waals surface area contributed by atoms with Crippen LogP contribution in [0.5, 0.6) is 0 Å². The van der Waals surface area contributed by atoms with E-state index in [0.717, 1.165) is 19.5 Å². The highest BCUT2D eigenvalue weighted by molar-refractivity contribution is 5.34. The minimum atomic E-state index is 0.203. The molecule has 1 unspecified atom stereocenters. The molecule has 1 fully saturated rings. The molecular weight excluding hydrogens is 388 g/mol. The van der Waals surface area contributed by atoms with Crippen LogP contribution in [0.3, 0.4) is 0 Å². The monoisotopic (exact) mass is 418 g/mol. The highest BCUT2D eigenvalue weighted by atomic mass is 15.2. The first kappa shape index (κ1) is 20.7. The molecule has 1 N–H and O–H groups in total. The average molecular weight is 419 g/mol. The molecule has 0 aliphatic carbocycles. The van der Waals surface area contributed by atoms with Gasteiger partial charge in [0, 0.05) is 19.1 Å². The van der Waals surface area contributed by atoms with Gasteiger partial charge in [-0.25, -0.2) is 0 Å². The molecule has 2 heteroatoms. The summed E-state index contributed by atoms with van der Waals surface area (Å²) in [6.07, 6.45) is 1.15. The van der Waals surface area contributed by atoms with E-state index in [0.29, 0.717) is 6.04 Å². The summed E-state index contributed by atoms with van der Waals surface area (Å²) in [4.78, 5) is 2.63. The van der Waals surface area contributed by atoms with Crippen molar-refractivity contribution in [2.75, 3.05) is 13.1 Å². The molecule has 1 heterocycles. The molecule has 1 aliphatic heterocycles. The fourth-order valence-corrected chi connectivity index (χ4v) is 4.95. The zero-order valence-electron chi connectivity index (χ0n) is 18.3. The minimum absolute atomic E-state index is 0.203.